The number of nitrogens with zero attached hydrogens (tertiary/aromatic N) is 3. The molecule has 14 aromatic rings. The zero-order valence-corrected chi connectivity index (χ0v) is 37.5. The van der Waals surface area contributed by atoms with E-state index >= 15 is 0 Å². The third kappa shape index (κ3) is 6.43. The van der Waals surface area contributed by atoms with E-state index in [1.807, 2.05) is 6.20 Å². The van der Waals surface area contributed by atoms with Crippen molar-refractivity contribution in [2.75, 3.05) is 0 Å². The van der Waals surface area contributed by atoms with Crippen LogP contribution in [0, 0.1) is 0 Å². The quantitative estimate of drug-likeness (QED) is 0.156. The minimum atomic E-state index is 0.855. The van der Waals surface area contributed by atoms with E-state index in [0.29, 0.717) is 0 Å². The molecule has 0 spiro atoms. The maximum atomic E-state index is 5.30. The lowest BCUT2D eigenvalue weighted by Crippen LogP contribution is -1.94. The molecule has 0 fully saturated rings. The Kier molecular flexibility index (Phi) is 8.90. The average molecular weight is 876 g/mol. The van der Waals surface area contributed by atoms with Gasteiger partial charge in [0.15, 0.2) is 0 Å². The Hall–Kier alpha value is -9.18. The summed E-state index contributed by atoms with van der Waals surface area (Å²) in [6, 6.07) is 88.2. The van der Waals surface area contributed by atoms with Gasteiger partial charge in [0.2, 0.25) is 0 Å². The lowest BCUT2D eigenvalue weighted by atomic mass is 9.95. The molecule has 0 bridgehead atoms. The van der Waals surface area contributed by atoms with Gasteiger partial charge in [-0.1, -0.05) is 194 Å². The molecule has 69 heavy (non-hydrogen) atoms. The van der Waals surface area contributed by atoms with E-state index in [-0.39, 0.29) is 0 Å². The van der Waals surface area contributed by atoms with Gasteiger partial charge in [-0.15, -0.1) is 0 Å². The van der Waals surface area contributed by atoms with Crippen molar-refractivity contribution in [2.24, 2.45) is 0 Å². The molecule has 3 heteroatoms. The topological polar surface area (TPSA) is 30.7 Å². The average Bonchev–Trinajstić information content (AvgIpc) is 3.75. The monoisotopic (exact) mass is 875 g/mol. The predicted octanol–water partition coefficient (Wildman–Crippen LogP) is 17.7. The Morgan fingerprint density at radius 3 is 1.29 bits per heavy atom. The first kappa shape index (κ1) is 39.0. The third-order valence-electron chi connectivity index (χ3n) is 14.2. The van der Waals surface area contributed by atoms with Crippen LogP contribution in [-0.2, 0) is 0 Å². The molecule has 0 aliphatic heterocycles. The molecule has 0 radical (unpaired) electrons. The molecule has 2 heterocycles. The van der Waals surface area contributed by atoms with E-state index in [2.05, 4.69) is 247 Å². The number of aromatic nitrogens is 3. The number of hydrogen-bond acceptors (Lipinski definition) is 2. The Bertz CT molecular complexity index is 4200. The Morgan fingerprint density at radius 1 is 0.275 bits per heavy atom. The summed E-state index contributed by atoms with van der Waals surface area (Å²) in [4.78, 5) is 10.4. The molecule has 0 aliphatic carbocycles. The van der Waals surface area contributed by atoms with Crippen molar-refractivity contribution >= 4 is 75.9 Å². The van der Waals surface area contributed by atoms with Gasteiger partial charge in [-0.2, -0.15) is 0 Å². The Balaban J connectivity index is 0.875. The van der Waals surface area contributed by atoms with Crippen LogP contribution in [0.5, 0.6) is 0 Å². The molecule has 0 saturated carbocycles. The van der Waals surface area contributed by atoms with Gasteiger partial charge in [0.25, 0.3) is 0 Å². The van der Waals surface area contributed by atoms with E-state index in [0.717, 1.165) is 61.0 Å². The van der Waals surface area contributed by atoms with Gasteiger partial charge in [-0.25, -0.2) is 4.98 Å². The highest BCUT2D eigenvalue weighted by Crippen LogP contribution is 2.41. The second-order valence-corrected chi connectivity index (χ2v) is 18.1. The summed E-state index contributed by atoms with van der Waals surface area (Å²) in [5, 5.41) is 12.1. The van der Waals surface area contributed by atoms with Crippen LogP contribution < -0.4 is 0 Å². The summed E-state index contributed by atoms with van der Waals surface area (Å²) in [5.74, 6) is 0. The summed E-state index contributed by atoms with van der Waals surface area (Å²) < 4.78 is 2.44. The summed E-state index contributed by atoms with van der Waals surface area (Å²) in [6.07, 6.45) is 1.92. The number of hydrogen-bond donors (Lipinski definition) is 0. The largest absolute Gasteiger partial charge is 0.309 e. The van der Waals surface area contributed by atoms with Crippen LogP contribution in [-0.4, -0.2) is 14.5 Å². The van der Waals surface area contributed by atoms with E-state index in [9.17, 15) is 0 Å². The molecular formula is C66H41N3. The molecule has 0 N–H and O–H groups in total. The van der Waals surface area contributed by atoms with Gasteiger partial charge in [0.1, 0.15) is 0 Å². The molecule has 14 rings (SSSR count). The SMILES string of the molecule is c1cc(-c2cccc(-c3cnc4c5ccccc5c5ccccc5c4n3)c2)cc(-c2cccc(-n3c4ccc(-c5cccc6ccccc56)cc4c4cc(-c5cccc6ccccc56)ccc43)c2)c1. The molecule has 2 aromatic heterocycles. The first-order valence-corrected chi connectivity index (χ1v) is 23.6. The standard InChI is InChI=1S/C66H41N3/c1-3-24-52-42(14-1)16-12-30-54(52)48-32-34-63-60(39-48)61-40-49(55-31-13-17-43-15-2-4-25-53(43)55)33-35-64(61)69(63)51-23-11-21-47(38-51)45-19-9-18-44(36-45)46-20-10-22-50(37-46)62-41-67-65-58-28-7-5-26-56(58)57-27-6-8-29-59(57)66(65)68-62/h1-41H. The number of benzene rings is 12. The maximum absolute atomic E-state index is 5.30. The zero-order valence-electron chi connectivity index (χ0n) is 37.5. The fourth-order valence-corrected chi connectivity index (χ4v) is 10.9. The first-order valence-electron chi connectivity index (χ1n) is 23.6. The van der Waals surface area contributed by atoms with Crippen molar-refractivity contribution in [1.82, 2.24) is 14.5 Å². The summed E-state index contributed by atoms with van der Waals surface area (Å²) >= 11 is 0. The zero-order chi connectivity index (χ0) is 45.4. The van der Waals surface area contributed by atoms with Crippen molar-refractivity contribution in [3.63, 3.8) is 0 Å². The molecule has 12 aromatic carbocycles. The van der Waals surface area contributed by atoms with Crippen molar-refractivity contribution in [1.29, 1.82) is 0 Å². The van der Waals surface area contributed by atoms with Crippen molar-refractivity contribution in [3.8, 4) is 61.5 Å². The molecule has 0 amide bonds. The molecule has 320 valence electrons. The van der Waals surface area contributed by atoms with Crippen LogP contribution in [0.1, 0.15) is 0 Å². The van der Waals surface area contributed by atoms with Crippen LogP contribution in [0.3, 0.4) is 0 Å². The van der Waals surface area contributed by atoms with Crippen molar-refractivity contribution < 1.29 is 0 Å². The highest BCUT2D eigenvalue weighted by Gasteiger charge is 2.18. The van der Waals surface area contributed by atoms with Gasteiger partial charge < -0.3 is 4.57 Å². The van der Waals surface area contributed by atoms with Gasteiger partial charge >= 0.3 is 0 Å². The predicted molar refractivity (Wildman–Crippen MR) is 291 cm³/mol. The first-order chi connectivity index (χ1) is 34.2. The van der Waals surface area contributed by atoms with Crippen LogP contribution in [0.25, 0.3) is 137 Å². The van der Waals surface area contributed by atoms with Crippen LogP contribution in [0.15, 0.2) is 249 Å². The third-order valence-corrected chi connectivity index (χ3v) is 14.2. The van der Waals surface area contributed by atoms with Crippen LogP contribution in [0.4, 0.5) is 0 Å². The fourth-order valence-electron chi connectivity index (χ4n) is 10.9. The summed E-state index contributed by atoms with van der Waals surface area (Å²) in [6.45, 7) is 0. The smallest absolute Gasteiger partial charge is 0.0979 e. The lowest BCUT2D eigenvalue weighted by molar-refractivity contribution is 1.18. The van der Waals surface area contributed by atoms with Gasteiger partial charge in [0.05, 0.1) is 34.0 Å². The normalized spacial score (nSPS) is 11.8. The fraction of sp³-hybridized carbons (Fsp3) is 0. The highest BCUT2D eigenvalue weighted by molar-refractivity contribution is 6.23. The lowest BCUT2D eigenvalue weighted by Gasteiger charge is -2.13. The van der Waals surface area contributed by atoms with E-state index in [1.54, 1.807) is 0 Å². The Morgan fingerprint density at radius 2 is 0.710 bits per heavy atom. The van der Waals surface area contributed by atoms with Crippen molar-refractivity contribution in [3.05, 3.63) is 249 Å². The second-order valence-electron chi connectivity index (χ2n) is 18.1. The maximum Gasteiger partial charge on any atom is 0.0979 e. The van der Waals surface area contributed by atoms with Crippen molar-refractivity contribution in [2.45, 2.75) is 0 Å². The van der Waals surface area contributed by atoms with E-state index in [4.69, 9.17) is 9.97 Å². The highest BCUT2D eigenvalue weighted by atomic mass is 15.0. The molecule has 3 nitrogen and oxygen atoms in total. The van der Waals surface area contributed by atoms with E-state index in [1.165, 1.54) is 76.4 Å². The number of rotatable bonds is 6. The van der Waals surface area contributed by atoms with Gasteiger partial charge in [-0.3, -0.25) is 4.98 Å². The molecule has 0 unspecified atom stereocenters. The van der Waals surface area contributed by atoms with E-state index < -0.39 is 0 Å². The van der Waals surface area contributed by atoms with Crippen LogP contribution >= 0.6 is 0 Å². The summed E-state index contributed by atoms with van der Waals surface area (Å²) in [7, 11) is 0. The Labute approximate surface area is 398 Å². The summed E-state index contributed by atoms with van der Waals surface area (Å²) in [5.41, 5.74) is 16.7. The molecule has 0 atom stereocenters. The van der Waals surface area contributed by atoms with Gasteiger partial charge in [-0.05, 0) is 125 Å². The minimum absolute atomic E-state index is 0.855. The minimum Gasteiger partial charge on any atom is -0.309 e. The van der Waals surface area contributed by atoms with Crippen LogP contribution in [0.2, 0.25) is 0 Å². The molecule has 0 aliphatic rings. The van der Waals surface area contributed by atoms with Gasteiger partial charge in [0, 0.05) is 32.8 Å². The molecule has 0 saturated heterocycles. The number of fused-ring (bicyclic) bond motifs is 11. The second kappa shape index (κ2) is 15.7. The molecular weight excluding hydrogens is 835 g/mol.